The van der Waals surface area contributed by atoms with E-state index in [2.05, 4.69) is 4.98 Å². The van der Waals surface area contributed by atoms with E-state index in [1.807, 2.05) is 19.1 Å². The third kappa shape index (κ3) is 3.54. The number of hydrogen-bond donors (Lipinski definition) is 0. The average Bonchev–Trinajstić information content (AvgIpc) is 2.28. The Kier molecular flexibility index (Phi) is 4.39. The van der Waals surface area contributed by atoms with E-state index in [1.165, 1.54) is 6.92 Å². The van der Waals surface area contributed by atoms with E-state index in [0.29, 0.717) is 0 Å². The highest BCUT2D eigenvalue weighted by Crippen LogP contribution is 2.31. The second-order valence-corrected chi connectivity index (χ2v) is 4.26. The van der Waals surface area contributed by atoms with Crippen molar-refractivity contribution in [3.63, 3.8) is 0 Å². The van der Waals surface area contributed by atoms with Gasteiger partial charge in [0.2, 0.25) is 5.92 Å². The summed E-state index contributed by atoms with van der Waals surface area (Å²) in [6.07, 6.45) is 2.47. The van der Waals surface area contributed by atoms with Crippen LogP contribution < -0.4 is 0 Å². The van der Waals surface area contributed by atoms with Gasteiger partial charge in [-0.1, -0.05) is 26.8 Å². The molecular weight excluding hydrogens is 208 g/mol. The molecule has 0 amide bonds. The van der Waals surface area contributed by atoms with Crippen molar-refractivity contribution in [1.29, 1.82) is 0 Å². The van der Waals surface area contributed by atoms with Gasteiger partial charge in [-0.25, -0.2) is 8.78 Å². The lowest BCUT2D eigenvalue weighted by molar-refractivity contribution is -0.0169. The summed E-state index contributed by atoms with van der Waals surface area (Å²) < 4.78 is 26.4. The molecule has 0 aromatic carbocycles. The molecule has 0 bridgehead atoms. The maximum Gasteiger partial charge on any atom is 0.248 e. The van der Waals surface area contributed by atoms with Crippen molar-refractivity contribution < 1.29 is 8.78 Å². The zero-order valence-corrected chi connectivity index (χ0v) is 10.1. The van der Waals surface area contributed by atoms with Crippen LogP contribution in [0.15, 0.2) is 18.3 Å². The predicted molar refractivity (Wildman–Crippen MR) is 61.9 cm³/mol. The number of rotatable bonds is 5. The summed E-state index contributed by atoms with van der Waals surface area (Å²) in [5.74, 6) is -2.77. The molecule has 1 rings (SSSR count). The lowest BCUT2D eigenvalue weighted by Crippen LogP contribution is -2.18. The van der Waals surface area contributed by atoms with E-state index >= 15 is 0 Å². The van der Waals surface area contributed by atoms with Crippen molar-refractivity contribution in [2.24, 2.45) is 0 Å². The molecule has 1 heterocycles. The summed E-state index contributed by atoms with van der Waals surface area (Å²) in [6, 6.07) is 3.82. The minimum Gasteiger partial charge on any atom is -0.261 e. The fraction of sp³-hybridized carbons (Fsp3) is 0.615. The topological polar surface area (TPSA) is 12.9 Å². The zero-order chi connectivity index (χ0) is 12.2. The molecule has 0 aliphatic carbocycles. The van der Waals surface area contributed by atoms with E-state index in [1.54, 1.807) is 13.1 Å². The molecule has 1 aromatic rings. The lowest BCUT2D eigenvalue weighted by atomic mass is 9.97. The van der Waals surface area contributed by atoms with Gasteiger partial charge >= 0.3 is 0 Å². The van der Waals surface area contributed by atoms with Gasteiger partial charge in [-0.05, 0) is 18.1 Å². The molecule has 16 heavy (non-hydrogen) atoms. The van der Waals surface area contributed by atoms with Crippen molar-refractivity contribution in [2.45, 2.75) is 51.9 Å². The lowest BCUT2D eigenvalue weighted by Gasteiger charge is -2.18. The van der Waals surface area contributed by atoms with Gasteiger partial charge in [0, 0.05) is 30.7 Å². The molecule has 3 heteroatoms. The van der Waals surface area contributed by atoms with Crippen LogP contribution in [0.2, 0.25) is 0 Å². The zero-order valence-electron chi connectivity index (χ0n) is 10.1. The van der Waals surface area contributed by atoms with Crippen molar-refractivity contribution in [2.75, 3.05) is 0 Å². The third-order valence-electron chi connectivity index (χ3n) is 2.88. The van der Waals surface area contributed by atoms with Crippen LogP contribution in [0, 0.1) is 0 Å². The minimum atomic E-state index is -2.58. The average molecular weight is 227 g/mol. The SMILES string of the molecule is CCc1ccc(C(C)CC(F)(F)CC)nc1. The number of aryl methyl sites for hydroxylation is 1. The summed E-state index contributed by atoms with van der Waals surface area (Å²) in [5.41, 5.74) is 1.89. The molecule has 0 radical (unpaired) electrons. The second kappa shape index (κ2) is 5.37. The summed E-state index contributed by atoms with van der Waals surface area (Å²) in [7, 11) is 0. The number of aromatic nitrogens is 1. The second-order valence-electron chi connectivity index (χ2n) is 4.26. The molecule has 0 aliphatic heterocycles. The van der Waals surface area contributed by atoms with Crippen LogP contribution >= 0.6 is 0 Å². The van der Waals surface area contributed by atoms with Gasteiger partial charge in [0.25, 0.3) is 0 Å². The standard InChI is InChI=1S/C13H19F2N/c1-4-11-6-7-12(16-9-11)10(3)8-13(14,15)5-2/h6-7,9-10H,4-5,8H2,1-3H3. The number of nitrogens with zero attached hydrogens (tertiary/aromatic N) is 1. The first-order chi connectivity index (χ1) is 7.48. The first-order valence-electron chi connectivity index (χ1n) is 5.81. The fourth-order valence-corrected chi connectivity index (χ4v) is 1.63. The van der Waals surface area contributed by atoms with E-state index in [0.717, 1.165) is 17.7 Å². The van der Waals surface area contributed by atoms with Crippen LogP contribution in [-0.2, 0) is 6.42 Å². The molecule has 0 saturated heterocycles. The van der Waals surface area contributed by atoms with Gasteiger partial charge < -0.3 is 0 Å². The van der Waals surface area contributed by atoms with Crippen molar-refractivity contribution in [3.8, 4) is 0 Å². The quantitative estimate of drug-likeness (QED) is 0.735. The maximum absolute atomic E-state index is 13.2. The molecule has 1 atom stereocenters. The molecular formula is C13H19F2N. The Bertz CT molecular complexity index is 319. The van der Waals surface area contributed by atoms with Crippen LogP contribution in [0.5, 0.6) is 0 Å². The summed E-state index contributed by atoms with van der Waals surface area (Å²) in [4.78, 5) is 4.23. The Balaban J connectivity index is 2.69. The van der Waals surface area contributed by atoms with Crippen LogP contribution in [-0.4, -0.2) is 10.9 Å². The number of alkyl halides is 2. The highest BCUT2D eigenvalue weighted by Gasteiger charge is 2.29. The van der Waals surface area contributed by atoms with Crippen LogP contribution in [0.3, 0.4) is 0 Å². The molecule has 0 saturated carbocycles. The number of halogens is 2. The molecule has 0 spiro atoms. The first-order valence-corrected chi connectivity index (χ1v) is 5.81. The van der Waals surface area contributed by atoms with Crippen LogP contribution in [0.25, 0.3) is 0 Å². The predicted octanol–water partition coefficient (Wildman–Crippen LogP) is 4.18. The Morgan fingerprint density at radius 1 is 1.31 bits per heavy atom. The Morgan fingerprint density at radius 3 is 2.44 bits per heavy atom. The normalized spacial score (nSPS) is 13.8. The van der Waals surface area contributed by atoms with Crippen molar-refractivity contribution in [1.82, 2.24) is 4.98 Å². The van der Waals surface area contributed by atoms with Crippen LogP contribution in [0.1, 0.15) is 50.8 Å². The Hall–Kier alpha value is -0.990. The van der Waals surface area contributed by atoms with Gasteiger partial charge in [0.05, 0.1) is 0 Å². The van der Waals surface area contributed by atoms with E-state index in [-0.39, 0.29) is 18.8 Å². The van der Waals surface area contributed by atoms with Gasteiger partial charge in [-0.15, -0.1) is 0 Å². The molecule has 1 aromatic heterocycles. The highest BCUT2D eigenvalue weighted by molar-refractivity contribution is 5.16. The Morgan fingerprint density at radius 2 is 2.00 bits per heavy atom. The first kappa shape index (κ1) is 13.1. The Labute approximate surface area is 95.9 Å². The highest BCUT2D eigenvalue weighted by atomic mass is 19.3. The van der Waals surface area contributed by atoms with Gasteiger partial charge in [0.1, 0.15) is 0 Å². The third-order valence-corrected chi connectivity index (χ3v) is 2.88. The molecule has 0 fully saturated rings. The van der Waals surface area contributed by atoms with Crippen molar-refractivity contribution in [3.05, 3.63) is 29.6 Å². The van der Waals surface area contributed by atoms with Crippen molar-refractivity contribution >= 4 is 0 Å². The molecule has 0 N–H and O–H groups in total. The van der Waals surface area contributed by atoms with E-state index in [4.69, 9.17) is 0 Å². The fourth-order valence-electron chi connectivity index (χ4n) is 1.63. The molecule has 1 nitrogen and oxygen atoms in total. The summed E-state index contributed by atoms with van der Waals surface area (Å²) in [5, 5.41) is 0. The number of pyridine rings is 1. The maximum atomic E-state index is 13.2. The van der Waals surface area contributed by atoms with Gasteiger partial charge in [-0.2, -0.15) is 0 Å². The molecule has 0 aliphatic rings. The summed E-state index contributed by atoms with van der Waals surface area (Å²) in [6.45, 7) is 5.36. The smallest absolute Gasteiger partial charge is 0.248 e. The summed E-state index contributed by atoms with van der Waals surface area (Å²) >= 11 is 0. The minimum absolute atomic E-state index is 0.107. The van der Waals surface area contributed by atoms with Gasteiger partial charge in [-0.3, -0.25) is 4.98 Å². The monoisotopic (exact) mass is 227 g/mol. The van der Waals surface area contributed by atoms with E-state index in [9.17, 15) is 8.78 Å². The molecule has 90 valence electrons. The molecule has 1 unspecified atom stereocenters. The van der Waals surface area contributed by atoms with Crippen LogP contribution in [0.4, 0.5) is 8.78 Å². The van der Waals surface area contributed by atoms with E-state index < -0.39 is 5.92 Å². The number of hydrogen-bond acceptors (Lipinski definition) is 1. The van der Waals surface area contributed by atoms with Gasteiger partial charge in [0.15, 0.2) is 0 Å². The largest absolute Gasteiger partial charge is 0.261 e.